The van der Waals surface area contributed by atoms with E-state index in [9.17, 15) is 5.11 Å². The van der Waals surface area contributed by atoms with Crippen LogP contribution < -0.4 is 0 Å². The van der Waals surface area contributed by atoms with Crippen LogP contribution in [-0.2, 0) is 17.7 Å². The third-order valence-corrected chi connectivity index (χ3v) is 4.32. The molecule has 23 heavy (non-hydrogen) atoms. The van der Waals surface area contributed by atoms with Crippen LogP contribution in [0.3, 0.4) is 0 Å². The summed E-state index contributed by atoms with van der Waals surface area (Å²) in [6, 6.07) is 11.3. The van der Waals surface area contributed by atoms with Crippen molar-refractivity contribution in [3.8, 4) is 5.75 Å². The lowest BCUT2D eigenvalue weighted by Gasteiger charge is -2.13. The second-order valence-corrected chi connectivity index (χ2v) is 6.06. The monoisotopic (exact) mass is 309 g/mol. The van der Waals surface area contributed by atoms with E-state index in [-0.39, 0.29) is 5.75 Å². The average molecular weight is 309 g/mol. The summed E-state index contributed by atoms with van der Waals surface area (Å²) >= 11 is 0. The predicted molar refractivity (Wildman–Crippen MR) is 87.4 cm³/mol. The van der Waals surface area contributed by atoms with Crippen molar-refractivity contribution in [3.05, 3.63) is 54.0 Å². The molecule has 0 aliphatic carbocycles. The first-order chi connectivity index (χ1) is 11.3. The molecule has 1 atom stereocenters. The van der Waals surface area contributed by atoms with Gasteiger partial charge in [-0.25, -0.2) is 9.97 Å². The van der Waals surface area contributed by atoms with Gasteiger partial charge in [0.1, 0.15) is 17.1 Å². The zero-order valence-corrected chi connectivity index (χ0v) is 12.9. The Morgan fingerprint density at radius 1 is 1.26 bits per heavy atom. The Labute approximate surface area is 134 Å². The quantitative estimate of drug-likeness (QED) is 0.805. The highest BCUT2D eigenvalue weighted by atomic mass is 16.5. The molecule has 0 saturated carbocycles. The van der Waals surface area contributed by atoms with Crippen LogP contribution in [0.1, 0.15) is 17.8 Å². The van der Waals surface area contributed by atoms with Crippen molar-refractivity contribution in [2.45, 2.75) is 19.4 Å². The summed E-state index contributed by atoms with van der Waals surface area (Å²) in [4.78, 5) is 9.27. The number of hydrogen-bond acceptors (Lipinski definition) is 4. The lowest BCUT2D eigenvalue weighted by molar-refractivity contribution is 0.182. The van der Waals surface area contributed by atoms with Gasteiger partial charge in [-0.2, -0.15) is 0 Å². The number of rotatable bonds is 4. The van der Waals surface area contributed by atoms with Crippen LogP contribution in [-0.4, -0.2) is 32.9 Å². The first-order valence-electron chi connectivity index (χ1n) is 7.95. The molecule has 3 heterocycles. The lowest BCUT2D eigenvalue weighted by Crippen LogP contribution is -2.14. The molecule has 0 radical (unpaired) electrons. The summed E-state index contributed by atoms with van der Waals surface area (Å²) in [5, 5.41) is 9.67. The molecule has 3 aromatic rings. The smallest absolute Gasteiger partial charge is 0.160 e. The Hall–Kier alpha value is -2.40. The zero-order valence-electron chi connectivity index (χ0n) is 12.9. The topological polar surface area (TPSA) is 60.2 Å². The summed E-state index contributed by atoms with van der Waals surface area (Å²) in [6.45, 7) is 2.52. The van der Waals surface area contributed by atoms with Crippen molar-refractivity contribution in [1.29, 1.82) is 0 Å². The van der Waals surface area contributed by atoms with Gasteiger partial charge in [-0.05, 0) is 36.2 Å². The van der Waals surface area contributed by atoms with Gasteiger partial charge in [0.05, 0.1) is 6.61 Å². The minimum absolute atomic E-state index is 0.285. The molecule has 4 rings (SSSR count). The highest BCUT2D eigenvalue weighted by Gasteiger charge is 2.20. The van der Waals surface area contributed by atoms with Gasteiger partial charge in [0, 0.05) is 31.7 Å². The number of imidazole rings is 1. The van der Waals surface area contributed by atoms with E-state index in [4.69, 9.17) is 9.72 Å². The lowest BCUT2D eigenvalue weighted by atomic mass is 10.1. The van der Waals surface area contributed by atoms with Gasteiger partial charge in [-0.15, -0.1) is 0 Å². The fourth-order valence-corrected chi connectivity index (χ4v) is 3.17. The van der Waals surface area contributed by atoms with Crippen molar-refractivity contribution in [2.24, 2.45) is 5.92 Å². The fraction of sp³-hybridized carbons (Fsp3) is 0.333. The summed E-state index contributed by atoms with van der Waals surface area (Å²) in [5.41, 5.74) is 2.89. The average Bonchev–Trinajstić information content (AvgIpc) is 3.17. The molecule has 1 saturated heterocycles. The summed E-state index contributed by atoms with van der Waals surface area (Å²) in [5.74, 6) is 1.78. The maximum absolute atomic E-state index is 9.67. The number of ether oxygens (including phenoxy) is 1. The van der Waals surface area contributed by atoms with Crippen LogP contribution in [0.15, 0.2) is 42.6 Å². The van der Waals surface area contributed by atoms with Gasteiger partial charge in [0.15, 0.2) is 5.65 Å². The van der Waals surface area contributed by atoms with E-state index >= 15 is 0 Å². The van der Waals surface area contributed by atoms with Gasteiger partial charge >= 0.3 is 0 Å². The standard InChI is InChI=1S/C18H19N3O2/c22-15-4-1-3-13(9-15)10-17-20-16-5-2-7-19-18(16)21(17)11-14-6-8-23-12-14/h1-5,7,9,14,22H,6,8,10-12H2. The van der Waals surface area contributed by atoms with Crippen molar-refractivity contribution in [1.82, 2.24) is 14.5 Å². The molecule has 0 amide bonds. The third-order valence-electron chi connectivity index (χ3n) is 4.32. The molecular formula is C18H19N3O2. The Morgan fingerprint density at radius 3 is 3.04 bits per heavy atom. The summed E-state index contributed by atoms with van der Waals surface area (Å²) in [7, 11) is 0. The normalized spacial score (nSPS) is 17.8. The second kappa shape index (κ2) is 6.01. The molecule has 1 aliphatic rings. The van der Waals surface area contributed by atoms with Crippen LogP contribution in [0, 0.1) is 5.92 Å². The maximum atomic E-state index is 9.67. The van der Waals surface area contributed by atoms with E-state index in [2.05, 4.69) is 9.55 Å². The summed E-state index contributed by atoms with van der Waals surface area (Å²) < 4.78 is 7.71. The van der Waals surface area contributed by atoms with E-state index in [1.165, 1.54) is 0 Å². The van der Waals surface area contributed by atoms with Crippen molar-refractivity contribution in [3.63, 3.8) is 0 Å². The first-order valence-corrected chi connectivity index (χ1v) is 7.95. The zero-order chi connectivity index (χ0) is 15.6. The van der Waals surface area contributed by atoms with E-state index < -0.39 is 0 Å². The highest BCUT2D eigenvalue weighted by Crippen LogP contribution is 2.22. The van der Waals surface area contributed by atoms with Crippen LogP contribution in [0.25, 0.3) is 11.2 Å². The Morgan fingerprint density at radius 2 is 2.22 bits per heavy atom. The van der Waals surface area contributed by atoms with E-state index in [0.717, 1.165) is 48.7 Å². The molecule has 0 spiro atoms. The van der Waals surface area contributed by atoms with E-state index in [1.807, 2.05) is 30.5 Å². The number of hydrogen-bond donors (Lipinski definition) is 1. The largest absolute Gasteiger partial charge is 0.508 e. The van der Waals surface area contributed by atoms with Gasteiger partial charge in [-0.3, -0.25) is 0 Å². The molecule has 0 bridgehead atoms. The van der Waals surface area contributed by atoms with Gasteiger partial charge in [0.25, 0.3) is 0 Å². The minimum atomic E-state index is 0.285. The predicted octanol–water partition coefficient (Wildman–Crippen LogP) is 2.76. The fourth-order valence-electron chi connectivity index (χ4n) is 3.17. The molecule has 2 aromatic heterocycles. The highest BCUT2D eigenvalue weighted by molar-refractivity contribution is 5.71. The second-order valence-electron chi connectivity index (χ2n) is 6.06. The number of pyridine rings is 1. The van der Waals surface area contributed by atoms with Crippen LogP contribution >= 0.6 is 0 Å². The number of aromatic hydroxyl groups is 1. The Bertz CT molecular complexity index is 822. The van der Waals surface area contributed by atoms with Crippen molar-refractivity contribution >= 4 is 11.2 Å². The number of phenols is 1. The maximum Gasteiger partial charge on any atom is 0.160 e. The Kier molecular flexibility index (Phi) is 3.71. The minimum Gasteiger partial charge on any atom is -0.508 e. The number of fused-ring (bicyclic) bond motifs is 1. The molecule has 1 unspecified atom stereocenters. The number of benzene rings is 1. The molecular weight excluding hydrogens is 290 g/mol. The summed E-state index contributed by atoms with van der Waals surface area (Å²) in [6.07, 6.45) is 3.57. The molecule has 118 valence electrons. The van der Waals surface area contributed by atoms with E-state index in [0.29, 0.717) is 12.3 Å². The van der Waals surface area contributed by atoms with Crippen molar-refractivity contribution in [2.75, 3.05) is 13.2 Å². The molecule has 5 heteroatoms. The number of aromatic nitrogens is 3. The number of nitrogens with zero attached hydrogens (tertiary/aromatic N) is 3. The van der Waals surface area contributed by atoms with Gasteiger partial charge in [-0.1, -0.05) is 12.1 Å². The van der Waals surface area contributed by atoms with Crippen molar-refractivity contribution < 1.29 is 9.84 Å². The molecule has 1 fully saturated rings. The first kappa shape index (κ1) is 14.2. The van der Waals surface area contributed by atoms with E-state index in [1.54, 1.807) is 12.1 Å². The molecule has 1 N–H and O–H groups in total. The SMILES string of the molecule is Oc1cccc(Cc2nc3cccnc3n2CC2CCOC2)c1. The van der Waals surface area contributed by atoms with Gasteiger partial charge < -0.3 is 14.4 Å². The number of phenolic OH excluding ortho intramolecular Hbond substituents is 1. The van der Waals surface area contributed by atoms with Crippen LogP contribution in [0.5, 0.6) is 5.75 Å². The molecule has 1 aromatic carbocycles. The molecule has 5 nitrogen and oxygen atoms in total. The van der Waals surface area contributed by atoms with Crippen LogP contribution in [0.4, 0.5) is 0 Å². The van der Waals surface area contributed by atoms with Crippen LogP contribution in [0.2, 0.25) is 0 Å². The van der Waals surface area contributed by atoms with Gasteiger partial charge in [0.2, 0.25) is 0 Å². The Balaban J connectivity index is 1.72. The molecule has 1 aliphatic heterocycles. The third kappa shape index (κ3) is 2.92.